The lowest BCUT2D eigenvalue weighted by Gasteiger charge is -2.04. The summed E-state index contributed by atoms with van der Waals surface area (Å²) in [6, 6.07) is 22.8. The summed E-state index contributed by atoms with van der Waals surface area (Å²) in [5.74, 6) is 0. The lowest BCUT2D eigenvalue weighted by atomic mass is 10.0. The van der Waals surface area contributed by atoms with E-state index >= 15 is 0 Å². The van der Waals surface area contributed by atoms with Crippen molar-refractivity contribution in [1.82, 2.24) is 0 Å². The summed E-state index contributed by atoms with van der Waals surface area (Å²) in [6.45, 7) is 0. The fourth-order valence-corrected chi connectivity index (χ4v) is 2.21. The number of hydrogen-bond donors (Lipinski definition) is 0. The molecule has 0 heterocycles. The second kappa shape index (κ2) is 4.23. The van der Waals surface area contributed by atoms with Gasteiger partial charge in [0.15, 0.2) is 0 Å². The molecule has 0 spiro atoms. The first-order valence-corrected chi connectivity index (χ1v) is 5.95. The third kappa shape index (κ3) is 2.04. The van der Waals surface area contributed by atoms with E-state index in [1.807, 2.05) is 24.3 Å². The highest BCUT2D eigenvalue weighted by molar-refractivity contribution is 6.31. The lowest BCUT2D eigenvalue weighted by molar-refractivity contribution is 1.64. The van der Waals surface area contributed by atoms with Crippen LogP contribution in [0.1, 0.15) is 0 Å². The SMILES string of the molecule is Clc1ccc2ccc(-c3ccccc3)cc2c1. The van der Waals surface area contributed by atoms with Gasteiger partial charge in [-0.1, -0.05) is 60.1 Å². The molecular weight excluding hydrogens is 228 g/mol. The minimum atomic E-state index is 0.780. The van der Waals surface area contributed by atoms with Crippen LogP contribution in [0.25, 0.3) is 21.9 Å². The number of fused-ring (bicyclic) bond motifs is 1. The molecule has 3 aromatic carbocycles. The van der Waals surface area contributed by atoms with Crippen molar-refractivity contribution in [3.63, 3.8) is 0 Å². The number of halogens is 1. The summed E-state index contributed by atoms with van der Waals surface area (Å²) in [6.07, 6.45) is 0. The molecule has 0 nitrogen and oxygen atoms in total. The van der Waals surface area contributed by atoms with Gasteiger partial charge < -0.3 is 0 Å². The Balaban J connectivity index is 2.19. The highest BCUT2D eigenvalue weighted by Gasteiger charge is 1.99. The quantitative estimate of drug-likeness (QED) is 0.549. The maximum Gasteiger partial charge on any atom is 0.0412 e. The van der Waals surface area contributed by atoms with Crippen molar-refractivity contribution in [1.29, 1.82) is 0 Å². The van der Waals surface area contributed by atoms with E-state index in [2.05, 4.69) is 42.5 Å². The normalized spacial score (nSPS) is 10.6. The van der Waals surface area contributed by atoms with E-state index in [0.29, 0.717) is 0 Å². The Morgan fingerprint density at radius 2 is 1.35 bits per heavy atom. The topological polar surface area (TPSA) is 0 Å². The zero-order valence-electron chi connectivity index (χ0n) is 9.23. The van der Waals surface area contributed by atoms with Crippen molar-refractivity contribution < 1.29 is 0 Å². The highest BCUT2D eigenvalue weighted by Crippen LogP contribution is 2.26. The molecule has 0 amide bonds. The number of hydrogen-bond acceptors (Lipinski definition) is 0. The Bertz CT molecular complexity index is 657. The second-order valence-corrected chi connectivity index (χ2v) is 4.51. The third-order valence-corrected chi connectivity index (χ3v) is 3.14. The fourth-order valence-electron chi connectivity index (χ4n) is 2.03. The standard InChI is InChI=1S/C16H11Cl/c17-16-9-8-13-6-7-14(10-15(13)11-16)12-4-2-1-3-5-12/h1-11H. The van der Waals surface area contributed by atoms with Gasteiger partial charge in [0.2, 0.25) is 0 Å². The van der Waals surface area contributed by atoms with Crippen LogP contribution in [-0.2, 0) is 0 Å². The summed E-state index contributed by atoms with van der Waals surface area (Å²) in [5.41, 5.74) is 2.45. The van der Waals surface area contributed by atoms with Crippen LogP contribution in [0.4, 0.5) is 0 Å². The fraction of sp³-hybridized carbons (Fsp3) is 0. The van der Waals surface area contributed by atoms with Crippen LogP contribution in [-0.4, -0.2) is 0 Å². The van der Waals surface area contributed by atoms with E-state index in [4.69, 9.17) is 11.6 Å². The number of benzene rings is 3. The van der Waals surface area contributed by atoms with E-state index in [9.17, 15) is 0 Å². The minimum Gasteiger partial charge on any atom is -0.0843 e. The van der Waals surface area contributed by atoms with Gasteiger partial charge in [-0.2, -0.15) is 0 Å². The summed E-state index contributed by atoms with van der Waals surface area (Å²) < 4.78 is 0. The molecule has 0 saturated heterocycles. The first-order valence-electron chi connectivity index (χ1n) is 5.58. The molecule has 3 rings (SSSR count). The maximum absolute atomic E-state index is 6.02. The molecule has 0 radical (unpaired) electrons. The first kappa shape index (κ1) is 10.4. The van der Waals surface area contributed by atoms with Crippen LogP contribution in [0.15, 0.2) is 66.7 Å². The van der Waals surface area contributed by atoms with Gasteiger partial charge >= 0.3 is 0 Å². The predicted molar refractivity (Wildman–Crippen MR) is 74.4 cm³/mol. The van der Waals surface area contributed by atoms with Gasteiger partial charge in [-0.05, 0) is 40.1 Å². The molecule has 17 heavy (non-hydrogen) atoms. The van der Waals surface area contributed by atoms with Crippen molar-refractivity contribution in [2.24, 2.45) is 0 Å². The maximum atomic E-state index is 6.02. The van der Waals surface area contributed by atoms with Crippen molar-refractivity contribution in [3.8, 4) is 11.1 Å². The van der Waals surface area contributed by atoms with Crippen LogP contribution in [0, 0.1) is 0 Å². The largest absolute Gasteiger partial charge is 0.0843 e. The Hall–Kier alpha value is -1.79. The average molecular weight is 239 g/mol. The van der Waals surface area contributed by atoms with Gasteiger partial charge in [-0.25, -0.2) is 0 Å². The molecule has 3 aromatic rings. The Labute approximate surface area is 105 Å². The predicted octanol–water partition coefficient (Wildman–Crippen LogP) is 5.16. The monoisotopic (exact) mass is 238 g/mol. The molecule has 0 atom stereocenters. The Kier molecular flexibility index (Phi) is 2.58. The van der Waals surface area contributed by atoms with E-state index in [1.54, 1.807) is 0 Å². The lowest BCUT2D eigenvalue weighted by Crippen LogP contribution is -1.78. The molecular formula is C16H11Cl. The van der Waals surface area contributed by atoms with Crippen molar-refractivity contribution in [2.75, 3.05) is 0 Å². The van der Waals surface area contributed by atoms with Crippen molar-refractivity contribution >= 4 is 22.4 Å². The van der Waals surface area contributed by atoms with Gasteiger partial charge in [-0.3, -0.25) is 0 Å². The molecule has 0 aliphatic carbocycles. The van der Waals surface area contributed by atoms with Crippen molar-refractivity contribution in [3.05, 3.63) is 71.8 Å². The minimum absolute atomic E-state index is 0.780. The molecule has 0 aliphatic rings. The summed E-state index contributed by atoms with van der Waals surface area (Å²) >= 11 is 6.02. The zero-order chi connectivity index (χ0) is 11.7. The van der Waals surface area contributed by atoms with Gasteiger partial charge in [0.25, 0.3) is 0 Å². The van der Waals surface area contributed by atoms with E-state index in [1.165, 1.54) is 21.9 Å². The second-order valence-electron chi connectivity index (χ2n) is 4.07. The van der Waals surface area contributed by atoms with Gasteiger partial charge in [-0.15, -0.1) is 0 Å². The molecule has 1 heteroatoms. The first-order chi connectivity index (χ1) is 8.33. The van der Waals surface area contributed by atoms with Crippen LogP contribution >= 0.6 is 11.6 Å². The summed E-state index contributed by atoms with van der Waals surface area (Å²) in [5, 5.41) is 3.18. The zero-order valence-corrected chi connectivity index (χ0v) is 9.98. The summed E-state index contributed by atoms with van der Waals surface area (Å²) in [4.78, 5) is 0. The smallest absolute Gasteiger partial charge is 0.0412 e. The molecule has 0 aromatic heterocycles. The molecule has 0 unspecified atom stereocenters. The Morgan fingerprint density at radius 1 is 0.588 bits per heavy atom. The highest BCUT2D eigenvalue weighted by atomic mass is 35.5. The molecule has 0 fully saturated rings. The van der Waals surface area contributed by atoms with Crippen LogP contribution < -0.4 is 0 Å². The molecule has 0 N–H and O–H groups in total. The Morgan fingerprint density at radius 3 is 2.18 bits per heavy atom. The summed E-state index contributed by atoms with van der Waals surface area (Å²) in [7, 11) is 0. The molecule has 0 saturated carbocycles. The average Bonchev–Trinajstić information content (AvgIpc) is 2.39. The molecule has 82 valence electrons. The van der Waals surface area contributed by atoms with Gasteiger partial charge in [0, 0.05) is 5.02 Å². The van der Waals surface area contributed by atoms with Crippen LogP contribution in [0.5, 0.6) is 0 Å². The van der Waals surface area contributed by atoms with Gasteiger partial charge in [0.05, 0.1) is 0 Å². The molecule has 0 aliphatic heterocycles. The van der Waals surface area contributed by atoms with Crippen LogP contribution in [0.3, 0.4) is 0 Å². The van der Waals surface area contributed by atoms with Gasteiger partial charge in [0.1, 0.15) is 0 Å². The number of rotatable bonds is 1. The van der Waals surface area contributed by atoms with E-state index < -0.39 is 0 Å². The van der Waals surface area contributed by atoms with Crippen LogP contribution in [0.2, 0.25) is 5.02 Å². The third-order valence-electron chi connectivity index (χ3n) is 2.91. The van der Waals surface area contributed by atoms with E-state index in [-0.39, 0.29) is 0 Å². The molecule has 0 bridgehead atoms. The van der Waals surface area contributed by atoms with E-state index in [0.717, 1.165) is 5.02 Å². The van der Waals surface area contributed by atoms with Crippen molar-refractivity contribution in [2.45, 2.75) is 0 Å².